The van der Waals surface area contributed by atoms with Gasteiger partial charge in [0.1, 0.15) is 5.82 Å². The largest absolute Gasteiger partial charge is 0.369 e. The molecule has 0 unspecified atom stereocenters. The van der Waals surface area contributed by atoms with Crippen LogP contribution in [-0.4, -0.2) is 33.4 Å². The van der Waals surface area contributed by atoms with Gasteiger partial charge in [0.05, 0.1) is 4.92 Å². The minimum absolute atomic E-state index is 0.00398. The van der Waals surface area contributed by atoms with Crippen molar-refractivity contribution < 1.29 is 9.72 Å². The number of aryl methyl sites for hydroxylation is 1. The Labute approximate surface area is 157 Å². The average Bonchev–Trinajstić information content (AvgIpc) is 3.14. The summed E-state index contributed by atoms with van der Waals surface area (Å²) in [5, 5.41) is 17.2. The van der Waals surface area contributed by atoms with Gasteiger partial charge in [-0.25, -0.2) is 9.97 Å². The molecule has 2 aromatic rings. The highest BCUT2D eigenvalue weighted by atomic mass is 16.6. The van der Waals surface area contributed by atoms with Crippen LogP contribution in [0.5, 0.6) is 0 Å². The highest BCUT2D eigenvalue weighted by Crippen LogP contribution is 2.22. The molecule has 3 rings (SSSR count). The zero-order chi connectivity index (χ0) is 19.2. The van der Waals surface area contributed by atoms with Gasteiger partial charge in [-0.3, -0.25) is 14.9 Å². The average molecular weight is 369 g/mol. The van der Waals surface area contributed by atoms with Crippen molar-refractivity contribution in [3.05, 3.63) is 46.1 Å². The fourth-order valence-corrected chi connectivity index (χ4v) is 3.22. The molecular weight excluding hydrogens is 346 g/mol. The number of nitrogens with one attached hydrogen (secondary N) is 2. The first kappa shape index (κ1) is 18.8. The third-order valence-corrected chi connectivity index (χ3v) is 4.55. The summed E-state index contributed by atoms with van der Waals surface area (Å²) in [5.41, 5.74) is 1.31. The second-order valence-corrected chi connectivity index (χ2v) is 6.75. The number of non-ortho nitro benzene ring substituents is 1. The first-order chi connectivity index (χ1) is 13.0. The summed E-state index contributed by atoms with van der Waals surface area (Å²) in [5.74, 6) is 1.05. The molecule has 1 aromatic heterocycles. The molecule has 1 heterocycles. The Kier molecular flexibility index (Phi) is 5.95. The van der Waals surface area contributed by atoms with Gasteiger partial charge in [0.25, 0.3) is 5.69 Å². The highest BCUT2D eigenvalue weighted by molar-refractivity contribution is 5.76. The van der Waals surface area contributed by atoms with Crippen LogP contribution in [-0.2, 0) is 4.79 Å². The second-order valence-electron chi connectivity index (χ2n) is 6.75. The Morgan fingerprint density at radius 1 is 1.26 bits per heavy atom. The van der Waals surface area contributed by atoms with Gasteiger partial charge >= 0.3 is 0 Å². The minimum atomic E-state index is -0.443. The van der Waals surface area contributed by atoms with Crippen molar-refractivity contribution in [2.75, 3.05) is 11.9 Å². The molecule has 8 heteroatoms. The second kappa shape index (κ2) is 8.57. The van der Waals surface area contributed by atoms with Crippen LogP contribution >= 0.6 is 0 Å². The third kappa shape index (κ3) is 5.22. The predicted molar refractivity (Wildman–Crippen MR) is 102 cm³/mol. The Hall–Kier alpha value is -3.03. The van der Waals surface area contributed by atoms with Gasteiger partial charge in [0.15, 0.2) is 5.82 Å². The van der Waals surface area contributed by atoms with Gasteiger partial charge < -0.3 is 10.6 Å². The molecular formula is C19H23N5O3. The molecule has 0 atom stereocenters. The number of carbonyl (C=O) groups is 1. The number of rotatable bonds is 7. The Balaban J connectivity index is 1.62. The van der Waals surface area contributed by atoms with E-state index in [0.717, 1.165) is 18.5 Å². The number of anilines is 1. The quantitative estimate of drug-likeness (QED) is 0.573. The fraction of sp³-hybridized carbons (Fsp3) is 0.421. The zero-order valence-electron chi connectivity index (χ0n) is 15.3. The van der Waals surface area contributed by atoms with Gasteiger partial charge in [0.2, 0.25) is 5.91 Å². The summed E-state index contributed by atoms with van der Waals surface area (Å²) >= 11 is 0. The zero-order valence-corrected chi connectivity index (χ0v) is 15.3. The molecule has 2 N–H and O–H groups in total. The maximum Gasteiger partial charge on any atom is 0.270 e. The maximum atomic E-state index is 12.0. The summed E-state index contributed by atoms with van der Waals surface area (Å²) in [6, 6.07) is 8.34. The van der Waals surface area contributed by atoms with Crippen LogP contribution in [0, 0.1) is 17.0 Å². The van der Waals surface area contributed by atoms with E-state index in [2.05, 4.69) is 20.6 Å². The summed E-state index contributed by atoms with van der Waals surface area (Å²) in [7, 11) is 0. The lowest BCUT2D eigenvalue weighted by Gasteiger charge is -2.12. The first-order valence-electron chi connectivity index (χ1n) is 9.15. The highest BCUT2D eigenvalue weighted by Gasteiger charge is 2.16. The van der Waals surface area contributed by atoms with Gasteiger partial charge in [-0.15, -0.1) is 0 Å². The lowest BCUT2D eigenvalue weighted by molar-refractivity contribution is -0.384. The summed E-state index contributed by atoms with van der Waals surface area (Å²) < 4.78 is 0. The van der Waals surface area contributed by atoms with E-state index in [1.807, 2.05) is 6.92 Å². The van der Waals surface area contributed by atoms with E-state index in [-0.39, 0.29) is 11.6 Å². The van der Waals surface area contributed by atoms with Gasteiger partial charge in [-0.2, -0.15) is 0 Å². The SMILES string of the molecule is Cc1cc(NCCC(=O)NC2CCCC2)nc(-c2cccc([N+](=O)[O-])c2)n1. The van der Waals surface area contributed by atoms with E-state index >= 15 is 0 Å². The molecule has 1 aliphatic rings. The molecule has 0 spiro atoms. The maximum absolute atomic E-state index is 12.0. The van der Waals surface area contributed by atoms with Crippen LogP contribution < -0.4 is 10.6 Å². The monoisotopic (exact) mass is 369 g/mol. The Morgan fingerprint density at radius 2 is 2.04 bits per heavy atom. The number of nitrogens with zero attached hydrogens (tertiary/aromatic N) is 3. The summed E-state index contributed by atoms with van der Waals surface area (Å²) in [4.78, 5) is 31.3. The van der Waals surface area contributed by atoms with Crippen molar-refractivity contribution in [1.29, 1.82) is 0 Å². The fourth-order valence-electron chi connectivity index (χ4n) is 3.22. The number of carbonyl (C=O) groups excluding carboxylic acids is 1. The first-order valence-corrected chi connectivity index (χ1v) is 9.15. The predicted octanol–water partition coefficient (Wildman–Crippen LogP) is 3.22. The van der Waals surface area contributed by atoms with Crippen LogP contribution in [0.3, 0.4) is 0 Å². The number of amides is 1. The van der Waals surface area contributed by atoms with Crippen LogP contribution in [0.4, 0.5) is 11.5 Å². The summed E-state index contributed by atoms with van der Waals surface area (Å²) in [6.07, 6.45) is 4.87. The number of aromatic nitrogens is 2. The van der Waals surface area contributed by atoms with E-state index in [4.69, 9.17) is 0 Å². The lowest BCUT2D eigenvalue weighted by Crippen LogP contribution is -2.33. The van der Waals surface area contributed by atoms with E-state index in [9.17, 15) is 14.9 Å². The number of benzene rings is 1. The minimum Gasteiger partial charge on any atom is -0.369 e. The molecule has 142 valence electrons. The number of nitro groups is 1. The Bertz CT molecular complexity index is 834. The van der Waals surface area contributed by atoms with E-state index in [0.29, 0.717) is 36.2 Å². The van der Waals surface area contributed by atoms with Crippen LogP contribution in [0.25, 0.3) is 11.4 Å². The van der Waals surface area contributed by atoms with Crippen molar-refractivity contribution in [1.82, 2.24) is 15.3 Å². The van der Waals surface area contributed by atoms with Gasteiger partial charge in [-0.1, -0.05) is 25.0 Å². The van der Waals surface area contributed by atoms with Gasteiger partial charge in [-0.05, 0) is 19.8 Å². The normalized spacial score (nSPS) is 14.1. The van der Waals surface area contributed by atoms with Crippen LogP contribution in [0.1, 0.15) is 37.8 Å². The molecule has 1 saturated carbocycles. The molecule has 1 aromatic carbocycles. The number of nitro benzene ring substituents is 1. The third-order valence-electron chi connectivity index (χ3n) is 4.55. The molecule has 0 aliphatic heterocycles. The molecule has 8 nitrogen and oxygen atoms in total. The van der Waals surface area contributed by atoms with Crippen molar-refractivity contribution in [2.24, 2.45) is 0 Å². The number of hydrogen-bond donors (Lipinski definition) is 2. The van der Waals surface area contributed by atoms with E-state index in [1.54, 1.807) is 18.2 Å². The molecule has 27 heavy (non-hydrogen) atoms. The standard InChI is InChI=1S/C19H23N5O3/c1-13-11-17(20-10-9-18(25)22-15-6-2-3-7-15)23-19(21-13)14-5-4-8-16(12-14)24(26)27/h4-5,8,11-12,15H,2-3,6-7,9-10H2,1H3,(H,22,25)(H,20,21,23). The summed E-state index contributed by atoms with van der Waals surface area (Å²) in [6.45, 7) is 2.30. The molecule has 0 radical (unpaired) electrons. The van der Waals surface area contributed by atoms with Crippen molar-refractivity contribution in [3.8, 4) is 11.4 Å². The molecule has 0 bridgehead atoms. The molecule has 1 fully saturated rings. The van der Waals surface area contributed by atoms with Gasteiger partial charge in [0, 0.05) is 48.5 Å². The molecule has 1 amide bonds. The van der Waals surface area contributed by atoms with E-state index in [1.165, 1.54) is 25.0 Å². The van der Waals surface area contributed by atoms with Crippen molar-refractivity contribution >= 4 is 17.4 Å². The molecule has 0 saturated heterocycles. The van der Waals surface area contributed by atoms with Crippen LogP contribution in [0.2, 0.25) is 0 Å². The molecule has 1 aliphatic carbocycles. The van der Waals surface area contributed by atoms with E-state index < -0.39 is 4.92 Å². The lowest BCUT2D eigenvalue weighted by atomic mass is 10.2. The van der Waals surface area contributed by atoms with Crippen LogP contribution in [0.15, 0.2) is 30.3 Å². The number of hydrogen-bond acceptors (Lipinski definition) is 6. The Morgan fingerprint density at radius 3 is 2.78 bits per heavy atom. The van der Waals surface area contributed by atoms with Crippen molar-refractivity contribution in [2.45, 2.75) is 45.1 Å². The van der Waals surface area contributed by atoms with Crippen molar-refractivity contribution in [3.63, 3.8) is 0 Å². The smallest absolute Gasteiger partial charge is 0.270 e. The topological polar surface area (TPSA) is 110 Å².